The zero-order valence-electron chi connectivity index (χ0n) is 8.05. The number of carboxylic acids is 2. The molecule has 0 aromatic heterocycles. The molecule has 0 aromatic rings. The first-order chi connectivity index (χ1) is 6.43. The lowest BCUT2D eigenvalue weighted by atomic mass is 9.87. The van der Waals surface area contributed by atoms with Gasteiger partial charge in [0.2, 0.25) is 0 Å². The van der Waals surface area contributed by atoms with E-state index in [4.69, 9.17) is 0 Å². The normalized spacial score (nSPS) is 17.3. The molecular formula is C10H10O4-2. The second-order valence-corrected chi connectivity index (χ2v) is 3.45. The summed E-state index contributed by atoms with van der Waals surface area (Å²) >= 11 is 0. The predicted molar refractivity (Wildman–Crippen MR) is 44.6 cm³/mol. The quantitative estimate of drug-likeness (QED) is 0.523. The lowest BCUT2D eigenvalue weighted by Crippen LogP contribution is -2.33. The van der Waals surface area contributed by atoms with Crippen molar-refractivity contribution < 1.29 is 19.8 Å². The van der Waals surface area contributed by atoms with Gasteiger partial charge in [-0.2, -0.15) is 0 Å². The van der Waals surface area contributed by atoms with Gasteiger partial charge in [0.25, 0.3) is 0 Å². The third-order valence-corrected chi connectivity index (χ3v) is 2.47. The van der Waals surface area contributed by atoms with Gasteiger partial charge in [-0.15, -0.1) is 0 Å². The third kappa shape index (κ3) is 1.84. The fraction of sp³-hybridized carbons (Fsp3) is 0.400. The fourth-order valence-electron chi connectivity index (χ4n) is 1.44. The van der Waals surface area contributed by atoms with Crippen LogP contribution in [0.3, 0.4) is 0 Å². The van der Waals surface area contributed by atoms with Crippen molar-refractivity contribution in [2.45, 2.75) is 26.7 Å². The maximum Gasteiger partial charge on any atom is 0.0681 e. The van der Waals surface area contributed by atoms with Gasteiger partial charge in [-0.05, 0) is 37.8 Å². The Kier molecular flexibility index (Phi) is 2.74. The molecule has 0 N–H and O–H groups in total. The van der Waals surface area contributed by atoms with Gasteiger partial charge < -0.3 is 19.8 Å². The Bertz CT molecular complexity index is 326. The summed E-state index contributed by atoms with van der Waals surface area (Å²) in [5.41, 5.74) is 1.45. The number of rotatable bonds is 2. The van der Waals surface area contributed by atoms with Gasteiger partial charge >= 0.3 is 0 Å². The molecule has 0 heterocycles. The average molecular weight is 194 g/mol. The second-order valence-electron chi connectivity index (χ2n) is 3.45. The molecule has 0 fully saturated rings. The molecule has 0 unspecified atom stereocenters. The summed E-state index contributed by atoms with van der Waals surface area (Å²) in [5, 5.41) is 21.3. The van der Waals surface area contributed by atoms with Crippen molar-refractivity contribution in [3.05, 3.63) is 22.3 Å². The van der Waals surface area contributed by atoms with Gasteiger partial charge in [0.1, 0.15) is 0 Å². The molecule has 0 amide bonds. The summed E-state index contributed by atoms with van der Waals surface area (Å²) in [5.74, 6) is -2.84. The molecule has 76 valence electrons. The van der Waals surface area contributed by atoms with Crippen LogP contribution in [0.25, 0.3) is 0 Å². The van der Waals surface area contributed by atoms with Crippen LogP contribution in [0.15, 0.2) is 22.3 Å². The third-order valence-electron chi connectivity index (χ3n) is 2.47. The topological polar surface area (TPSA) is 80.3 Å². The minimum absolute atomic E-state index is 0.136. The Balaban J connectivity index is 3.12. The first-order valence-electron chi connectivity index (χ1n) is 4.23. The van der Waals surface area contributed by atoms with Crippen LogP contribution in [0.4, 0.5) is 0 Å². The summed E-state index contributed by atoms with van der Waals surface area (Å²) < 4.78 is 0. The highest BCUT2D eigenvalue weighted by Crippen LogP contribution is 2.28. The van der Waals surface area contributed by atoms with Crippen LogP contribution >= 0.6 is 0 Å². The van der Waals surface area contributed by atoms with Crippen LogP contribution in [0, 0.1) is 0 Å². The van der Waals surface area contributed by atoms with Crippen LogP contribution < -0.4 is 10.2 Å². The maximum absolute atomic E-state index is 10.6. The maximum atomic E-state index is 10.6. The van der Waals surface area contributed by atoms with E-state index >= 15 is 0 Å². The number of allylic oxidation sites excluding steroid dienone is 2. The van der Waals surface area contributed by atoms with Gasteiger partial charge in [0.15, 0.2) is 0 Å². The number of aliphatic carboxylic acids is 2. The molecule has 0 saturated heterocycles. The van der Waals surface area contributed by atoms with E-state index in [1.165, 1.54) is 0 Å². The number of carbonyl (C=O) groups excluding carboxylic acids is 2. The monoisotopic (exact) mass is 194 g/mol. The highest BCUT2D eigenvalue weighted by molar-refractivity contribution is 5.98. The van der Waals surface area contributed by atoms with E-state index in [9.17, 15) is 19.8 Å². The molecule has 0 aromatic carbocycles. The van der Waals surface area contributed by atoms with E-state index < -0.39 is 11.9 Å². The summed E-state index contributed by atoms with van der Waals surface area (Å²) in [4.78, 5) is 21.3. The molecule has 4 nitrogen and oxygen atoms in total. The van der Waals surface area contributed by atoms with E-state index in [2.05, 4.69) is 0 Å². The Hall–Kier alpha value is -1.58. The van der Waals surface area contributed by atoms with Crippen LogP contribution in [-0.2, 0) is 9.59 Å². The highest BCUT2D eigenvalue weighted by Gasteiger charge is 2.17. The summed E-state index contributed by atoms with van der Waals surface area (Å²) in [6.07, 6.45) is 0.273. The minimum atomic E-state index is -1.42. The van der Waals surface area contributed by atoms with Gasteiger partial charge in [0.05, 0.1) is 11.9 Å². The van der Waals surface area contributed by atoms with Crippen molar-refractivity contribution in [1.29, 1.82) is 0 Å². The SMILES string of the molecule is CC1=C(C)CC(C(=O)[O-])=C(C(=O)[O-])C1. The Morgan fingerprint density at radius 2 is 1.21 bits per heavy atom. The number of carboxylic acid groups (broad SMARTS) is 2. The van der Waals surface area contributed by atoms with Gasteiger partial charge in [-0.3, -0.25) is 0 Å². The first kappa shape index (κ1) is 10.5. The van der Waals surface area contributed by atoms with Crippen LogP contribution in [0.1, 0.15) is 26.7 Å². The molecule has 0 aliphatic heterocycles. The van der Waals surface area contributed by atoms with Gasteiger partial charge in [0, 0.05) is 0 Å². The zero-order valence-corrected chi connectivity index (χ0v) is 8.05. The van der Waals surface area contributed by atoms with E-state index in [0.717, 1.165) is 11.1 Å². The number of hydrogen-bond acceptors (Lipinski definition) is 4. The lowest BCUT2D eigenvalue weighted by Gasteiger charge is -2.24. The Labute approximate surface area is 81.6 Å². The number of hydrogen-bond donors (Lipinski definition) is 0. The molecule has 4 heteroatoms. The van der Waals surface area contributed by atoms with Crippen molar-refractivity contribution in [3.8, 4) is 0 Å². The fourth-order valence-corrected chi connectivity index (χ4v) is 1.44. The average Bonchev–Trinajstić information content (AvgIpc) is 2.08. The van der Waals surface area contributed by atoms with Gasteiger partial charge in [-0.1, -0.05) is 11.1 Å². The zero-order chi connectivity index (χ0) is 10.9. The molecule has 1 aliphatic rings. The van der Waals surface area contributed by atoms with Crippen molar-refractivity contribution in [2.24, 2.45) is 0 Å². The van der Waals surface area contributed by atoms with E-state index in [0.29, 0.717) is 0 Å². The van der Waals surface area contributed by atoms with Crippen molar-refractivity contribution in [1.82, 2.24) is 0 Å². The molecule has 1 rings (SSSR count). The van der Waals surface area contributed by atoms with Crippen molar-refractivity contribution in [3.63, 3.8) is 0 Å². The molecule has 14 heavy (non-hydrogen) atoms. The molecule has 0 saturated carbocycles. The highest BCUT2D eigenvalue weighted by atomic mass is 16.4. The second kappa shape index (κ2) is 3.65. The predicted octanol–water partition coefficient (Wildman–Crippen LogP) is -1.09. The minimum Gasteiger partial charge on any atom is -0.545 e. The molecule has 0 spiro atoms. The van der Waals surface area contributed by atoms with Crippen molar-refractivity contribution >= 4 is 11.9 Å². The van der Waals surface area contributed by atoms with Crippen molar-refractivity contribution in [2.75, 3.05) is 0 Å². The standard InChI is InChI=1S/C10H12O4/c1-5-3-7(9(11)12)8(10(13)14)4-6(5)2/h3-4H2,1-2H3,(H,11,12)(H,13,14)/p-2. The molecule has 0 bridgehead atoms. The van der Waals surface area contributed by atoms with E-state index in [1.54, 1.807) is 13.8 Å². The first-order valence-corrected chi connectivity index (χ1v) is 4.23. The largest absolute Gasteiger partial charge is 0.545 e. The number of carbonyl (C=O) groups is 2. The summed E-state index contributed by atoms with van der Waals surface area (Å²) in [7, 11) is 0. The van der Waals surface area contributed by atoms with Gasteiger partial charge in [-0.25, -0.2) is 0 Å². The van der Waals surface area contributed by atoms with Crippen LogP contribution in [-0.4, -0.2) is 11.9 Å². The summed E-state index contributed by atoms with van der Waals surface area (Å²) in [6, 6.07) is 0. The Morgan fingerprint density at radius 3 is 1.43 bits per heavy atom. The lowest BCUT2D eigenvalue weighted by molar-refractivity contribution is -0.304. The smallest absolute Gasteiger partial charge is 0.0681 e. The van der Waals surface area contributed by atoms with E-state index in [1.807, 2.05) is 0 Å². The van der Waals surface area contributed by atoms with E-state index in [-0.39, 0.29) is 24.0 Å². The molecular weight excluding hydrogens is 184 g/mol. The molecule has 0 radical (unpaired) electrons. The Morgan fingerprint density at radius 1 is 0.929 bits per heavy atom. The van der Waals surface area contributed by atoms with Crippen LogP contribution in [0.5, 0.6) is 0 Å². The van der Waals surface area contributed by atoms with Crippen LogP contribution in [0.2, 0.25) is 0 Å². The summed E-state index contributed by atoms with van der Waals surface area (Å²) in [6.45, 7) is 3.56. The molecule has 1 aliphatic carbocycles. The molecule has 0 atom stereocenters.